The molecule has 9 heteroatoms. The number of carbonyl (C=O) groups is 2. The second kappa shape index (κ2) is 11.1. The number of methoxy groups -OCH3 is 1. The van der Waals surface area contributed by atoms with Crippen LogP contribution >= 0.6 is 0 Å². The fourth-order valence-corrected chi connectivity index (χ4v) is 4.68. The predicted molar refractivity (Wildman–Crippen MR) is 129 cm³/mol. The Bertz CT molecular complexity index is 1270. The van der Waals surface area contributed by atoms with Crippen LogP contribution in [0, 0.1) is 13.8 Å². The zero-order valence-electron chi connectivity index (χ0n) is 19.4. The van der Waals surface area contributed by atoms with Gasteiger partial charge in [0.1, 0.15) is 0 Å². The molecule has 0 aliphatic carbocycles. The van der Waals surface area contributed by atoms with Crippen LogP contribution in [0.15, 0.2) is 65.6 Å². The first-order chi connectivity index (χ1) is 16.2. The number of nitrogens with zero attached hydrogens (tertiary/aromatic N) is 1. The molecule has 0 saturated heterocycles. The molecular formula is C25H28N2O6S. The van der Waals surface area contributed by atoms with Crippen molar-refractivity contribution in [1.29, 1.82) is 0 Å². The number of Topliss-reactive ketones (excluding diaryl/α,β-unsaturated/α-hetero) is 1. The van der Waals surface area contributed by atoms with Gasteiger partial charge in [-0.3, -0.25) is 9.52 Å². The van der Waals surface area contributed by atoms with Crippen LogP contribution < -0.4 is 4.72 Å². The maximum Gasteiger partial charge on any atom is 0.338 e. The third-order valence-electron chi connectivity index (χ3n) is 5.34. The van der Waals surface area contributed by atoms with E-state index in [1.165, 1.54) is 36.4 Å². The van der Waals surface area contributed by atoms with Gasteiger partial charge in [-0.15, -0.1) is 0 Å². The average Bonchev–Trinajstić information content (AvgIpc) is 3.11. The highest BCUT2D eigenvalue weighted by molar-refractivity contribution is 7.92. The van der Waals surface area contributed by atoms with Crippen molar-refractivity contribution in [3.63, 3.8) is 0 Å². The zero-order chi connectivity index (χ0) is 24.7. The van der Waals surface area contributed by atoms with Gasteiger partial charge in [0.2, 0.25) is 5.78 Å². The fourth-order valence-electron chi connectivity index (χ4n) is 3.61. The largest absolute Gasteiger partial charge is 0.454 e. The molecule has 2 aromatic carbocycles. The Kier molecular flexibility index (Phi) is 8.25. The Morgan fingerprint density at radius 3 is 2.44 bits per heavy atom. The van der Waals surface area contributed by atoms with E-state index in [4.69, 9.17) is 9.47 Å². The number of carbonyl (C=O) groups excluding carboxylic acids is 2. The van der Waals surface area contributed by atoms with Crippen molar-refractivity contribution in [2.45, 2.75) is 31.7 Å². The molecule has 180 valence electrons. The summed E-state index contributed by atoms with van der Waals surface area (Å²) in [6, 6.07) is 15.6. The molecule has 0 atom stereocenters. The second-order valence-electron chi connectivity index (χ2n) is 7.78. The Balaban J connectivity index is 1.65. The monoisotopic (exact) mass is 484 g/mol. The molecule has 1 aromatic heterocycles. The SMILES string of the molecule is COCCCn1c(C)cc(C(=O)COC(=O)c2cccc(NS(=O)(=O)c3ccccc3)c2)c1C. The number of rotatable bonds is 11. The molecule has 34 heavy (non-hydrogen) atoms. The number of benzene rings is 2. The zero-order valence-corrected chi connectivity index (χ0v) is 20.2. The van der Waals surface area contributed by atoms with Crippen molar-refractivity contribution in [3.8, 4) is 0 Å². The third-order valence-corrected chi connectivity index (χ3v) is 6.74. The van der Waals surface area contributed by atoms with Crippen LogP contribution in [0.25, 0.3) is 0 Å². The van der Waals surface area contributed by atoms with Crippen molar-refractivity contribution in [2.24, 2.45) is 0 Å². The topological polar surface area (TPSA) is 104 Å². The van der Waals surface area contributed by atoms with E-state index in [0.29, 0.717) is 12.2 Å². The highest BCUT2D eigenvalue weighted by Gasteiger charge is 2.19. The van der Waals surface area contributed by atoms with Crippen LogP contribution in [0.3, 0.4) is 0 Å². The average molecular weight is 485 g/mol. The standard InChI is InChI=1S/C25H28N2O6S/c1-18-15-23(19(2)27(18)13-8-14-32-3)24(28)17-33-25(29)20-9-7-10-21(16-20)26-34(30,31)22-11-5-4-6-12-22/h4-7,9-12,15-16,26H,8,13-14,17H2,1-3H3. The van der Waals surface area contributed by atoms with Crippen molar-refractivity contribution in [1.82, 2.24) is 4.57 Å². The molecule has 8 nitrogen and oxygen atoms in total. The Morgan fingerprint density at radius 2 is 1.74 bits per heavy atom. The number of hydrogen-bond acceptors (Lipinski definition) is 6. The van der Waals surface area contributed by atoms with Gasteiger partial charge in [-0.05, 0) is 56.7 Å². The van der Waals surface area contributed by atoms with Gasteiger partial charge in [0.15, 0.2) is 6.61 Å². The van der Waals surface area contributed by atoms with E-state index in [1.54, 1.807) is 31.4 Å². The molecule has 0 spiro atoms. The minimum absolute atomic E-state index is 0.105. The summed E-state index contributed by atoms with van der Waals surface area (Å²) in [6.07, 6.45) is 0.819. The first-order valence-corrected chi connectivity index (χ1v) is 12.2. The van der Waals surface area contributed by atoms with Gasteiger partial charge in [0.05, 0.1) is 10.5 Å². The number of nitrogens with one attached hydrogen (secondary N) is 1. The lowest BCUT2D eigenvalue weighted by Gasteiger charge is -2.10. The minimum Gasteiger partial charge on any atom is -0.454 e. The maximum absolute atomic E-state index is 12.7. The van der Waals surface area contributed by atoms with Crippen LogP contribution in [0.2, 0.25) is 0 Å². The summed E-state index contributed by atoms with van der Waals surface area (Å²) in [4.78, 5) is 25.3. The highest BCUT2D eigenvalue weighted by Crippen LogP contribution is 2.19. The van der Waals surface area contributed by atoms with Gasteiger partial charge >= 0.3 is 5.97 Å². The number of sulfonamides is 1. The lowest BCUT2D eigenvalue weighted by atomic mass is 10.1. The van der Waals surface area contributed by atoms with E-state index in [1.807, 2.05) is 18.4 Å². The van der Waals surface area contributed by atoms with Crippen molar-refractivity contribution < 1.29 is 27.5 Å². The van der Waals surface area contributed by atoms with E-state index in [-0.39, 0.29) is 21.9 Å². The molecule has 3 rings (SSSR count). The number of aromatic nitrogens is 1. The van der Waals surface area contributed by atoms with E-state index in [9.17, 15) is 18.0 Å². The molecule has 0 fully saturated rings. The summed E-state index contributed by atoms with van der Waals surface area (Å²) < 4.78 is 39.8. The molecule has 0 aliphatic heterocycles. The number of esters is 1. The van der Waals surface area contributed by atoms with Crippen molar-refractivity contribution in [3.05, 3.63) is 83.2 Å². The Labute approximate surface area is 199 Å². The molecule has 0 unspecified atom stereocenters. The van der Waals surface area contributed by atoms with Gasteiger partial charge in [0.25, 0.3) is 10.0 Å². The van der Waals surface area contributed by atoms with Gasteiger partial charge in [-0.1, -0.05) is 24.3 Å². The van der Waals surface area contributed by atoms with E-state index in [2.05, 4.69) is 4.72 Å². The lowest BCUT2D eigenvalue weighted by molar-refractivity contribution is 0.0474. The summed E-state index contributed by atoms with van der Waals surface area (Å²) in [5, 5.41) is 0. The molecular weight excluding hydrogens is 456 g/mol. The van der Waals surface area contributed by atoms with Crippen LogP contribution in [-0.2, 0) is 26.0 Å². The van der Waals surface area contributed by atoms with E-state index >= 15 is 0 Å². The van der Waals surface area contributed by atoms with Crippen molar-refractivity contribution >= 4 is 27.5 Å². The quantitative estimate of drug-likeness (QED) is 0.251. The smallest absolute Gasteiger partial charge is 0.338 e. The van der Waals surface area contributed by atoms with Crippen LogP contribution in [-0.4, -0.2) is 45.1 Å². The lowest BCUT2D eigenvalue weighted by Crippen LogP contribution is -2.16. The maximum atomic E-state index is 12.7. The van der Waals surface area contributed by atoms with Crippen LogP contribution in [0.1, 0.15) is 38.5 Å². The van der Waals surface area contributed by atoms with Gasteiger partial charge in [-0.2, -0.15) is 0 Å². The summed E-state index contributed by atoms with van der Waals surface area (Å²) in [5.41, 5.74) is 2.61. The van der Waals surface area contributed by atoms with Crippen LogP contribution in [0.5, 0.6) is 0 Å². The normalized spacial score (nSPS) is 11.3. The Morgan fingerprint density at radius 1 is 1.00 bits per heavy atom. The number of hydrogen-bond donors (Lipinski definition) is 1. The van der Waals surface area contributed by atoms with Gasteiger partial charge < -0.3 is 14.0 Å². The second-order valence-corrected chi connectivity index (χ2v) is 9.46. The predicted octanol–water partition coefficient (Wildman–Crippen LogP) is 3.98. The number of ketones is 1. The van der Waals surface area contributed by atoms with Gasteiger partial charge in [0, 0.05) is 42.9 Å². The highest BCUT2D eigenvalue weighted by atomic mass is 32.2. The summed E-state index contributed by atoms with van der Waals surface area (Å²) in [5.74, 6) is -1.02. The Hall–Kier alpha value is -3.43. The summed E-state index contributed by atoms with van der Waals surface area (Å²) >= 11 is 0. The minimum atomic E-state index is -3.80. The van der Waals surface area contributed by atoms with E-state index < -0.39 is 22.6 Å². The third kappa shape index (κ3) is 6.12. The van der Waals surface area contributed by atoms with Gasteiger partial charge in [-0.25, -0.2) is 13.2 Å². The number of anilines is 1. The summed E-state index contributed by atoms with van der Waals surface area (Å²) in [6.45, 7) is 4.71. The first-order valence-electron chi connectivity index (χ1n) is 10.8. The molecule has 0 amide bonds. The number of ether oxygens (including phenoxy) is 2. The molecule has 0 saturated carbocycles. The summed E-state index contributed by atoms with van der Waals surface area (Å²) in [7, 11) is -2.15. The first kappa shape index (κ1) is 25.2. The molecule has 1 heterocycles. The molecule has 0 aliphatic rings. The molecule has 3 aromatic rings. The van der Waals surface area contributed by atoms with Crippen molar-refractivity contribution in [2.75, 3.05) is 25.0 Å². The van der Waals surface area contributed by atoms with E-state index in [0.717, 1.165) is 24.4 Å². The molecule has 1 N–H and O–H groups in total. The number of aryl methyl sites for hydroxylation is 1. The van der Waals surface area contributed by atoms with Crippen LogP contribution in [0.4, 0.5) is 5.69 Å². The molecule has 0 radical (unpaired) electrons. The molecule has 0 bridgehead atoms. The fraction of sp³-hybridized carbons (Fsp3) is 0.280.